The predicted molar refractivity (Wildman–Crippen MR) is 66.2 cm³/mol. The van der Waals surface area contributed by atoms with E-state index in [1.807, 2.05) is 0 Å². The largest absolute Gasteiger partial charge is 0.300 e. The number of hydrogen-bond acceptors (Lipinski definition) is 6. The van der Waals surface area contributed by atoms with Crippen LogP contribution in [0.25, 0.3) is 0 Å². The highest BCUT2D eigenvalue weighted by atomic mass is 35.5. The lowest BCUT2D eigenvalue weighted by molar-refractivity contribution is 0.112. The normalized spacial score (nSPS) is 10.2. The quantitative estimate of drug-likeness (QED) is 0.691. The number of nitrogens with zero attached hydrogens (tertiary/aromatic N) is 2. The van der Waals surface area contributed by atoms with Gasteiger partial charge in [0.25, 0.3) is 0 Å². The lowest BCUT2D eigenvalue weighted by atomic mass is 10.2. The van der Waals surface area contributed by atoms with E-state index in [0.29, 0.717) is 11.4 Å². The van der Waals surface area contributed by atoms with Crippen LogP contribution in [0, 0.1) is 5.82 Å². The van der Waals surface area contributed by atoms with Crippen LogP contribution >= 0.6 is 35.1 Å². The number of carbonyl (C=O) groups excluding carboxylic acids is 1. The highest BCUT2D eigenvalue weighted by Crippen LogP contribution is 2.28. The molecule has 0 aliphatic carbocycles. The number of benzene rings is 1. The maximum Gasteiger partial charge on any atom is 0.212 e. The summed E-state index contributed by atoms with van der Waals surface area (Å²) < 4.78 is 20.1. The Bertz CT molecular complexity index is 535. The second-order valence-corrected chi connectivity index (χ2v) is 4.91. The molecule has 0 unspecified atom stereocenters. The molecule has 1 N–H and O–H groups in total. The van der Waals surface area contributed by atoms with E-state index in [9.17, 15) is 9.18 Å². The highest BCUT2D eigenvalue weighted by Gasteiger charge is 2.09. The molecule has 4 nitrogen and oxygen atoms in total. The van der Waals surface area contributed by atoms with Crippen LogP contribution in [0.5, 0.6) is 0 Å². The average molecular weight is 290 g/mol. The van der Waals surface area contributed by atoms with Gasteiger partial charge >= 0.3 is 0 Å². The molecule has 0 atom stereocenters. The molecule has 0 aliphatic heterocycles. The van der Waals surface area contributed by atoms with Crippen molar-refractivity contribution in [2.45, 2.75) is 4.90 Å². The maximum absolute atomic E-state index is 13.5. The minimum absolute atomic E-state index is 0.129. The lowest BCUT2D eigenvalue weighted by Gasteiger charge is -2.05. The van der Waals surface area contributed by atoms with Crippen LogP contribution < -0.4 is 4.72 Å². The lowest BCUT2D eigenvalue weighted by Crippen LogP contribution is -1.92. The van der Waals surface area contributed by atoms with Crippen LogP contribution in [-0.4, -0.2) is 15.6 Å². The Labute approximate surface area is 110 Å². The first-order chi connectivity index (χ1) is 8.20. The smallest absolute Gasteiger partial charge is 0.212 e. The Morgan fingerprint density at radius 2 is 2.35 bits per heavy atom. The van der Waals surface area contributed by atoms with Gasteiger partial charge in [0.1, 0.15) is 12.1 Å². The topological polar surface area (TPSA) is 54.9 Å². The second-order valence-electron chi connectivity index (χ2n) is 2.87. The molecule has 2 aromatic rings. The molecule has 0 aliphatic rings. The molecule has 1 heterocycles. The van der Waals surface area contributed by atoms with Crippen molar-refractivity contribution in [2.24, 2.45) is 0 Å². The van der Waals surface area contributed by atoms with E-state index in [0.717, 1.165) is 29.5 Å². The summed E-state index contributed by atoms with van der Waals surface area (Å²) in [6, 6.07) is 2.48. The van der Waals surface area contributed by atoms with Crippen molar-refractivity contribution in [3.8, 4) is 0 Å². The van der Waals surface area contributed by atoms with Crippen LogP contribution in [0.1, 0.15) is 10.4 Å². The first-order valence-electron chi connectivity index (χ1n) is 4.34. The monoisotopic (exact) mass is 289 g/mol. The van der Waals surface area contributed by atoms with Gasteiger partial charge in [0.15, 0.2) is 6.29 Å². The molecule has 0 amide bonds. The van der Waals surface area contributed by atoms with Crippen molar-refractivity contribution in [1.82, 2.24) is 9.36 Å². The predicted octanol–water partition coefficient (Wildman–Crippen LogP) is 3.26. The van der Waals surface area contributed by atoms with E-state index >= 15 is 0 Å². The molecule has 17 heavy (non-hydrogen) atoms. The van der Waals surface area contributed by atoms with Gasteiger partial charge in [0.2, 0.25) is 5.13 Å². The number of carbonyl (C=O) groups is 1. The molecule has 88 valence electrons. The summed E-state index contributed by atoms with van der Waals surface area (Å²) in [4.78, 5) is 14.7. The Morgan fingerprint density at radius 1 is 1.53 bits per heavy atom. The summed E-state index contributed by atoms with van der Waals surface area (Å²) in [6.07, 6.45) is 1.91. The molecule has 0 bridgehead atoms. The first kappa shape index (κ1) is 12.3. The number of aldehydes is 1. The van der Waals surface area contributed by atoms with Crippen LogP contribution in [0.4, 0.5) is 9.52 Å². The van der Waals surface area contributed by atoms with Gasteiger partial charge in [-0.2, -0.15) is 4.37 Å². The molecule has 0 spiro atoms. The van der Waals surface area contributed by atoms with E-state index in [2.05, 4.69) is 14.1 Å². The summed E-state index contributed by atoms with van der Waals surface area (Å²) >= 11 is 7.97. The van der Waals surface area contributed by atoms with E-state index < -0.39 is 5.82 Å². The SMILES string of the molecule is O=Cc1cc(F)c(SNc2ncns2)cc1Cl. The maximum atomic E-state index is 13.5. The zero-order valence-corrected chi connectivity index (χ0v) is 10.6. The molecule has 1 aromatic carbocycles. The Morgan fingerprint density at radius 3 is 3.00 bits per heavy atom. The van der Waals surface area contributed by atoms with Gasteiger partial charge in [-0.25, -0.2) is 9.37 Å². The third-order valence-electron chi connectivity index (χ3n) is 1.79. The van der Waals surface area contributed by atoms with Gasteiger partial charge in [0, 0.05) is 17.1 Å². The fourth-order valence-electron chi connectivity index (χ4n) is 1.03. The summed E-state index contributed by atoms with van der Waals surface area (Å²) in [7, 11) is 0. The molecule has 0 radical (unpaired) electrons. The van der Waals surface area contributed by atoms with Gasteiger partial charge < -0.3 is 4.72 Å². The average Bonchev–Trinajstić information content (AvgIpc) is 2.82. The minimum atomic E-state index is -0.515. The summed E-state index contributed by atoms with van der Waals surface area (Å²) in [5, 5.41) is 0.771. The van der Waals surface area contributed by atoms with Gasteiger partial charge in [-0.1, -0.05) is 11.6 Å². The van der Waals surface area contributed by atoms with Gasteiger partial charge in [-0.05, 0) is 24.1 Å². The zero-order valence-electron chi connectivity index (χ0n) is 8.18. The molecular formula is C9H5ClFN3OS2. The number of nitrogens with one attached hydrogen (secondary N) is 1. The fraction of sp³-hybridized carbons (Fsp3) is 0. The second kappa shape index (κ2) is 5.44. The molecular weight excluding hydrogens is 285 g/mol. The van der Waals surface area contributed by atoms with E-state index in [1.165, 1.54) is 12.4 Å². The summed E-state index contributed by atoms with van der Waals surface area (Å²) in [6.45, 7) is 0. The van der Waals surface area contributed by atoms with Crippen LogP contribution in [0.2, 0.25) is 5.02 Å². The minimum Gasteiger partial charge on any atom is -0.300 e. The number of halogens is 2. The van der Waals surface area contributed by atoms with E-state index in [-0.39, 0.29) is 15.5 Å². The van der Waals surface area contributed by atoms with Crippen molar-refractivity contribution in [3.63, 3.8) is 0 Å². The molecule has 0 saturated carbocycles. The van der Waals surface area contributed by atoms with Crippen molar-refractivity contribution >= 4 is 46.5 Å². The Hall–Kier alpha value is -1.18. The number of anilines is 1. The van der Waals surface area contributed by atoms with Gasteiger partial charge in [0.05, 0.1) is 9.92 Å². The van der Waals surface area contributed by atoms with Crippen LogP contribution in [0.3, 0.4) is 0 Å². The van der Waals surface area contributed by atoms with Crippen molar-refractivity contribution in [3.05, 3.63) is 34.9 Å². The highest BCUT2D eigenvalue weighted by molar-refractivity contribution is 8.00. The van der Waals surface area contributed by atoms with Crippen molar-refractivity contribution in [1.29, 1.82) is 0 Å². The zero-order chi connectivity index (χ0) is 12.3. The van der Waals surface area contributed by atoms with E-state index in [1.54, 1.807) is 0 Å². The number of rotatable bonds is 4. The Kier molecular flexibility index (Phi) is 3.93. The van der Waals surface area contributed by atoms with Gasteiger partial charge in [-0.3, -0.25) is 4.79 Å². The standard InChI is InChI=1S/C9H5ClFN3OS2/c10-6-2-8(7(11)1-5(6)3-15)16-14-9-12-4-13-17-9/h1-4H,(H,12,13,14). The molecule has 8 heteroatoms. The van der Waals surface area contributed by atoms with Crippen LogP contribution in [0.15, 0.2) is 23.4 Å². The number of aromatic nitrogens is 2. The Balaban J connectivity index is 2.16. The third-order valence-corrected chi connectivity index (χ3v) is 3.65. The van der Waals surface area contributed by atoms with E-state index in [4.69, 9.17) is 11.6 Å². The molecule has 0 saturated heterocycles. The third kappa shape index (κ3) is 2.93. The molecule has 2 rings (SSSR count). The molecule has 0 fully saturated rings. The summed E-state index contributed by atoms with van der Waals surface area (Å²) in [5.41, 5.74) is 0.129. The number of hydrogen-bond donors (Lipinski definition) is 1. The summed E-state index contributed by atoms with van der Waals surface area (Å²) in [5.74, 6) is -0.515. The van der Waals surface area contributed by atoms with Gasteiger partial charge in [-0.15, -0.1) is 0 Å². The van der Waals surface area contributed by atoms with Crippen molar-refractivity contribution in [2.75, 3.05) is 4.72 Å². The van der Waals surface area contributed by atoms with Crippen LogP contribution in [-0.2, 0) is 0 Å². The fourth-order valence-corrected chi connectivity index (χ4v) is 2.45. The van der Waals surface area contributed by atoms with Crippen molar-refractivity contribution < 1.29 is 9.18 Å². The molecule has 1 aromatic heterocycles. The first-order valence-corrected chi connectivity index (χ1v) is 6.31.